The van der Waals surface area contributed by atoms with Crippen LogP contribution in [0.2, 0.25) is 0 Å². The Hall–Kier alpha value is -3.74. The van der Waals surface area contributed by atoms with E-state index in [4.69, 9.17) is 4.98 Å². The molecule has 33 heavy (non-hydrogen) atoms. The fourth-order valence-electron chi connectivity index (χ4n) is 4.57. The zero-order valence-electron chi connectivity index (χ0n) is 19.2. The molecule has 7 nitrogen and oxygen atoms in total. The number of fused-ring (bicyclic) bond motifs is 1. The number of anilines is 2. The van der Waals surface area contributed by atoms with Gasteiger partial charge in [0.15, 0.2) is 5.69 Å². The van der Waals surface area contributed by atoms with Gasteiger partial charge in [0, 0.05) is 47.7 Å². The Kier molecular flexibility index (Phi) is 5.54. The van der Waals surface area contributed by atoms with Crippen molar-refractivity contribution in [2.45, 2.75) is 39.5 Å². The highest BCUT2D eigenvalue weighted by Crippen LogP contribution is 2.30. The van der Waals surface area contributed by atoms with Crippen LogP contribution in [0.1, 0.15) is 51.8 Å². The number of likely N-dealkylation sites (tertiary alicyclic amines) is 1. The van der Waals surface area contributed by atoms with E-state index < -0.39 is 0 Å². The molecule has 1 saturated heterocycles. The fourth-order valence-corrected chi connectivity index (χ4v) is 4.57. The average Bonchev–Trinajstić information content (AvgIpc) is 3.23. The lowest BCUT2D eigenvalue weighted by molar-refractivity contribution is 0.0702. The van der Waals surface area contributed by atoms with Gasteiger partial charge in [-0.15, -0.1) is 0 Å². The highest BCUT2D eigenvalue weighted by molar-refractivity contribution is 6.04. The number of aromatic amines is 1. The summed E-state index contributed by atoms with van der Waals surface area (Å²) in [7, 11) is 0. The van der Waals surface area contributed by atoms with Crippen molar-refractivity contribution in [3.05, 3.63) is 76.9 Å². The standard InChI is InChI=1S/C26H28N6O/c1-16-8-9-22-21(12-16)24(31-30-22)26(33)32-11-5-7-19(15-32)23-14-20(13-18(3)28-23)29-25-17(2)6-4-10-27-25/h4,6,8-10,12-14,19H,5,7,11,15H2,1-3H3,(H,30,31)(H,27,28,29)/t19-/m0/s1. The van der Waals surface area contributed by atoms with Crippen molar-refractivity contribution in [2.24, 2.45) is 0 Å². The van der Waals surface area contributed by atoms with E-state index in [-0.39, 0.29) is 11.8 Å². The number of nitrogens with zero attached hydrogens (tertiary/aromatic N) is 4. The maximum atomic E-state index is 13.4. The Balaban J connectivity index is 1.38. The third-order valence-corrected chi connectivity index (χ3v) is 6.29. The summed E-state index contributed by atoms with van der Waals surface area (Å²) in [5.74, 6) is 1.00. The first-order valence-corrected chi connectivity index (χ1v) is 11.4. The van der Waals surface area contributed by atoms with Gasteiger partial charge in [0.05, 0.1) is 5.52 Å². The molecular formula is C26H28N6O. The van der Waals surface area contributed by atoms with Gasteiger partial charge in [-0.2, -0.15) is 5.10 Å². The van der Waals surface area contributed by atoms with Crippen LogP contribution < -0.4 is 5.32 Å². The maximum absolute atomic E-state index is 13.4. The van der Waals surface area contributed by atoms with Crippen molar-refractivity contribution in [3.8, 4) is 0 Å². The first kappa shape index (κ1) is 21.1. The molecule has 4 heterocycles. The molecule has 168 valence electrons. The van der Waals surface area contributed by atoms with Crippen molar-refractivity contribution >= 4 is 28.3 Å². The van der Waals surface area contributed by atoms with Gasteiger partial charge in [-0.3, -0.25) is 14.9 Å². The quantitative estimate of drug-likeness (QED) is 0.464. The van der Waals surface area contributed by atoms with Gasteiger partial charge in [-0.1, -0.05) is 17.7 Å². The van der Waals surface area contributed by atoms with E-state index in [0.29, 0.717) is 12.2 Å². The highest BCUT2D eigenvalue weighted by atomic mass is 16.2. The Morgan fingerprint density at radius 2 is 2.03 bits per heavy atom. The summed E-state index contributed by atoms with van der Waals surface area (Å²) in [6, 6.07) is 14.1. The normalized spacial score (nSPS) is 16.2. The number of piperidine rings is 1. The molecule has 1 amide bonds. The number of amides is 1. The van der Waals surface area contributed by atoms with Crippen LogP contribution in [-0.4, -0.2) is 44.1 Å². The number of nitrogens with one attached hydrogen (secondary N) is 2. The molecule has 1 atom stereocenters. The largest absolute Gasteiger partial charge is 0.340 e. The minimum absolute atomic E-state index is 0.0216. The first-order valence-electron chi connectivity index (χ1n) is 11.4. The molecule has 3 aromatic heterocycles. The molecule has 0 bridgehead atoms. The molecule has 0 aliphatic carbocycles. The lowest BCUT2D eigenvalue weighted by Crippen LogP contribution is -2.39. The van der Waals surface area contributed by atoms with Crippen LogP contribution in [0.15, 0.2) is 48.7 Å². The minimum atomic E-state index is -0.0216. The van der Waals surface area contributed by atoms with Gasteiger partial charge in [0.1, 0.15) is 5.82 Å². The second-order valence-corrected chi connectivity index (χ2v) is 8.93. The van der Waals surface area contributed by atoms with E-state index in [1.54, 1.807) is 6.20 Å². The van der Waals surface area contributed by atoms with Gasteiger partial charge in [0.25, 0.3) is 5.91 Å². The zero-order valence-corrected chi connectivity index (χ0v) is 19.2. The molecule has 0 spiro atoms. The molecule has 1 aromatic carbocycles. The number of aromatic nitrogens is 4. The predicted octanol–water partition coefficient (Wildman–Crippen LogP) is 5.04. The minimum Gasteiger partial charge on any atom is -0.340 e. The van der Waals surface area contributed by atoms with Crippen molar-refractivity contribution in [2.75, 3.05) is 18.4 Å². The van der Waals surface area contributed by atoms with Crippen molar-refractivity contribution < 1.29 is 4.79 Å². The third kappa shape index (κ3) is 4.31. The summed E-state index contributed by atoms with van der Waals surface area (Å²) >= 11 is 0. The monoisotopic (exact) mass is 440 g/mol. The van der Waals surface area contributed by atoms with Crippen LogP contribution in [0.4, 0.5) is 11.5 Å². The maximum Gasteiger partial charge on any atom is 0.275 e. The number of hydrogen-bond acceptors (Lipinski definition) is 5. The number of carbonyl (C=O) groups is 1. The van der Waals surface area contributed by atoms with Crippen LogP contribution in [0, 0.1) is 20.8 Å². The molecule has 0 saturated carbocycles. The van der Waals surface area contributed by atoms with Crippen LogP contribution >= 0.6 is 0 Å². The molecular weight excluding hydrogens is 412 g/mol. The molecule has 0 radical (unpaired) electrons. The Labute approximate surface area is 193 Å². The van der Waals surface area contributed by atoms with E-state index >= 15 is 0 Å². The molecule has 4 aromatic rings. The predicted molar refractivity (Wildman–Crippen MR) is 130 cm³/mol. The van der Waals surface area contributed by atoms with Crippen LogP contribution in [0.25, 0.3) is 10.9 Å². The first-order chi connectivity index (χ1) is 16.0. The molecule has 7 heteroatoms. The summed E-state index contributed by atoms with van der Waals surface area (Å²) in [6.07, 6.45) is 3.73. The van der Waals surface area contributed by atoms with E-state index in [1.165, 1.54) is 0 Å². The van der Waals surface area contributed by atoms with Gasteiger partial charge in [0.2, 0.25) is 0 Å². The molecule has 1 aliphatic rings. The second-order valence-electron chi connectivity index (χ2n) is 8.93. The number of H-pyrrole nitrogens is 1. The zero-order chi connectivity index (χ0) is 22.9. The number of pyridine rings is 2. The number of hydrogen-bond donors (Lipinski definition) is 2. The van der Waals surface area contributed by atoms with Crippen molar-refractivity contribution in [1.29, 1.82) is 0 Å². The lowest BCUT2D eigenvalue weighted by Gasteiger charge is -2.32. The van der Waals surface area contributed by atoms with Crippen LogP contribution in [0.3, 0.4) is 0 Å². The Morgan fingerprint density at radius 3 is 2.88 bits per heavy atom. The summed E-state index contributed by atoms with van der Waals surface area (Å²) < 4.78 is 0. The molecule has 1 aliphatic heterocycles. The van der Waals surface area contributed by atoms with Gasteiger partial charge >= 0.3 is 0 Å². The summed E-state index contributed by atoms with van der Waals surface area (Å²) in [5.41, 5.74) is 6.51. The summed E-state index contributed by atoms with van der Waals surface area (Å²) in [5, 5.41) is 11.7. The third-order valence-electron chi connectivity index (χ3n) is 6.29. The SMILES string of the molecule is Cc1ccc2[nH]nc(C(=O)N3CCC[C@H](c4cc(Nc5ncccc5C)cc(C)n4)C3)c2c1. The molecule has 0 unspecified atom stereocenters. The van der Waals surface area contributed by atoms with E-state index in [0.717, 1.165) is 64.3 Å². The number of carbonyl (C=O) groups excluding carboxylic acids is 1. The number of aryl methyl sites for hydroxylation is 3. The van der Waals surface area contributed by atoms with Crippen LogP contribution in [-0.2, 0) is 0 Å². The molecule has 1 fully saturated rings. The Bertz CT molecular complexity index is 1330. The fraction of sp³-hybridized carbons (Fsp3) is 0.308. The van der Waals surface area contributed by atoms with Gasteiger partial charge < -0.3 is 10.2 Å². The van der Waals surface area contributed by atoms with Crippen LogP contribution in [0.5, 0.6) is 0 Å². The highest BCUT2D eigenvalue weighted by Gasteiger charge is 2.29. The summed E-state index contributed by atoms with van der Waals surface area (Å²) in [6.45, 7) is 7.44. The van der Waals surface area contributed by atoms with E-state index in [1.807, 2.05) is 62.1 Å². The number of rotatable bonds is 4. The van der Waals surface area contributed by atoms with Gasteiger partial charge in [-0.05, 0) is 69.5 Å². The van der Waals surface area contributed by atoms with Crippen molar-refractivity contribution in [3.63, 3.8) is 0 Å². The number of benzene rings is 1. The Morgan fingerprint density at radius 1 is 1.15 bits per heavy atom. The van der Waals surface area contributed by atoms with E-state index in [9.17, 15) is 4.79 Å². The average molecular weight is 441 g/mol. The smallest absolute Gasteiger partial charge is 0.275 e. The summed E-state index contributed by atoms with van der Waals surface area (Å²) in [4.78, 5) is 24.6. The lowest BCUT2D eigenvalue weighted by atomic mass is 9.93. The second kappa shape index (κ2) is 8.65. The molecule has 2 N–H and O–H groups in total. The topological polar surface area (TPSA) is 86.8 Å². The molecule has 5 rings (SSSR count). The van der Waals surface area contributed by atoms with E-state index in [2.05, 4.69) is 26.6 Å². The van der Waals surface area contributed by atoms with Crippen molar-refractivity contribution in [1.82, 2.24) is 25.1 Å². The van der Waals surface area contributed by atoms with Gasteiger partial charge in [-0.25, -0.2) is 4.98 Å².